The Morgan fingerprint density at radius 3 is 2.94 bits per heavy atom. The number of aromatic nitrogens is 4. The SMILES string of the molecule is Brc1cccc(-c2nnc3n2CCCCC3)n1. The number of nitrogens with zero attached hydrogens (tertiary/aromatic N) is 4. The molecule has 3 rings (SSSR count). The summed E-state index contributed by atoms with van der Waals surface area (Å²) in [4.78, 5) is 4.45. The van der Waals surface area contributed by atoms with Gasteiger partial charge < -0.3 is 4.57 Å². The number of aryl methyl sites for hydroxylation is 1. The van der Waals surface area contributed by atoms with E-state index >= 15 is 0 Å². The van der Waals surface area contributed by atoms with Gasteiger partial charge in [-0.15, -0.1) is 10.2 Å². The lowest BCUT2D eigenvalue weighted by Gasteiger charge is -2.06. The Bertz CT molecular complexity index is 535. The molecule has 0 spiro atoms. The molecule has 0 N–H and O–H groups in total. The lowest BCUT2D eigenvalue weighted by molar-refractivity contribution is 0.636. The fourth-order valence-corrected chi connectivity index (χ4v) is 2.55. The average Bonchev–Trinajstić information content (AvgIpc) is 2.59. The number of rotatable bonds is 1. The maximum absolute atomic E-state index is 4.45. The molecular weight excluding hydrogens is 280 g/mol. The molecule has 17 heavy (non-hydrogen) atoms. The summed E-state index contributed by atoms with van der Waals surface area (Å²) in [5, 5.41) is 8.56. The van der Waals surface area contributed by atoms with E-state index in [0.29, 0.717) is 0 Å². The van der Waals surface area contributed by atoms with Crippen molar-refractivity contribution in [2.24, 2.45) is 0 Å². The molecule has 0 fully saturated rings. The van der Waals surface area contributed by atoms with Gasteiger partial charge in [0, 0.05) is 13.0 Å². The first kappa shape index (κ1) is 10.9. The van der Waals surface area contributed by atoms with Crippen molar-refractivity contribution in [3.8, 4) is 11.5 Å². The van der Waals surface area contributed by atoms with Crippen molar-refractivity contribution in [2.75, 3.05) is 0 Å². The zero-order valence-corrected chi connectivity index (χ0v) is 11.0. The summed E-state index contributed by atoms with van der Waals surface area (Å²) < 4.78 is 3.04. The number of pyridine rings is 1. The molecular formula is C12H13BrN4. The van der Waals surface area contributed by atoms with E-state index in [1.807, 2.05) is 18.2 Å². The van der Waals surface area contributed by atoms with Gasteiger partial charge in [0.15, 0.2) is 5.82 Å². The van der Waals surface area contributed by atoms with Crippen LogP contribution in [-0.2, 0) is 13.0 Å². The molecule has 0 atom stereocenters. The van der Waals surface area contributed by atoms with E-state index < -0.39 is 0 Å². The summed E-state index contributed by atoms with van der Waals surface area (Å²) in [5.41, 5.74) is 0.889. The summed E-state index contributed by atoms with van der Waals surface area (Å²) in [6.45, 7) is 1.01. The maximum Gasteiger partial charge on any atom is 0.182 e. The highest BCUT2D eigenvalue weighted by molar-refractivity contribution is 9.10. The molecule has 0 bridgehead atoms. The Kier molecular flexibility index (Phi) is 2.93. The standard InChI is InChI=1S/C12H13BrN4/c13-10-6-4-5-9(14-10)12-16-15-11-7-2-1-3-8-17(11)12/h4-6H,1-3,7-8H2. The molecule has 1 aliphatic rings. The predicted molar refractivity (Wildman–Crippen MR) is 68.5 cm³/mol. The topological polar surface area (TPSA) is 43.6 Å². The van der Waals surface area contributed by atoms with Crippen molar-refractivity contribution in [2.45, 2.75) is 32.2 Å². The van der Waals surface area contributed by atoms with Crippen molar-refractivity contribution in [3.63, 3.8) is 0 Å². The number of halogens is 1. The monoisotopic (exact) mass is 292 g/mol. The van der Waals surface area contributed by atoms with Crippen LogP contribution in [0, 0.1) is 0 Å². The lowest BCUT2D eigenvalue weighted by atomic mass is 10.2. The van der Waals surface area contributed by atoms with Crippen LogP contribution >= 0.6 is 15.9 Å². The predicted octanol–water partition coefficient (Wildman–Crippen LogP) is 2.83. The Morgan fingerprint density at radius 1 is 1.12 bits per heavy atom. The van der Waals surface area contributed by atoms with Gasteiger partial charge in [0.05, 0.1) is 0 Å². The summed E-state index contributed by atoms with van der Waals surface area (Å²) in [6.07, 6.45) is 4.71. The third-order valence-electron chi connectivity index (χ3n) is 3.05. The minimum absolute atomic E-state index is 0.834. The van der Waals surface area contributed by atoms with E-state index in [1.165, 1.54) is 19.3 Å². The molecule has 88 valence electrons. The van der Waals surface area contributed by atoms with Crippen molar-refractivity contribution >= 4 is 15.9 Å². The van der Waals surface area contributed by atoms with E-state index in [0.717, 1.165) is 34.9 Å². The molecule has 0 amide bonds. The van der Waals surface area contributed by atoms with Gasteiger partial charge in [-0.05, 0) is 40.9 Å². The Hall–Kier alpha value is -1.23. The van der Waals surface area contributed by atoms with Crippen LogP contribution in [0.2, 0.25) is 0 Å². The zero-order valence-electron chi connectivity index (χ0n) is 9.43. The summed E-state index contributed by atoms with van der Waals surface area (Å²) >= 11 is 3.39. The highest BCUT2D eigenvalue weighted by Crippen LogP contribution is 2.22. The molecule has 5 heteroatoms. The van der Waals surface area contributed by atoms with Crippen LogP contribution in [0.15, 0.2) is 22.8 Å². The lowest BCUT2D eigenvalue weighted by Crippen LogP contribution is -2.03. The van der Waals surface area contributed by atoms with Crippen molar-refractivity contribution in [1.82, 2.24) is 19.7 Å². The number of fused-ring (bicyclic) bond motifs is 1. The smallest absolute Gasteiger partial charge is 0.182 e. The first-order valence-electron chi connectivity index (χ1n) is 5.89. The minimum atomic E-state index is 0.834. The first-order valence-corrected chi connectivity index (χ1v) is 6.69. The highest BCUT2D eigenvalue weighted by atomic mass is 79.9. The van der Waals surface area contributed by atoms with Crippen LogP contribution < -0.4 is 0 Å². The van der Waals surface area contributed by atoms with Crippen LogP contribution in [0.3, 0.4) is 0 Å². The summed E-state index contributed by atoms with van der Waals surface area (Å²) in [6, 6.07) is 5.88. The van der Waals surface area contributed by atoms with Crippen LogP contribution in [-0.4, -0.2) is 19.7 Å². The molecule has 4 nitrogen and oxygen atoms in total. The average molecular weight is 293 g/mol. The van der Waals surface area contributed by atoms with Gasteiger partial charge in [0.25, 0.3) is 0 Å². The number of hydrogen-bond donors (Lipinski definition) is 0. The van der Waals surface area contributed by atoms with E-state index in [9.17, 15) is 0 Å². The second-order valence-electron chi connectivity index (χ2n) is 4.25. The van der Waals surface area contributed by atoms with E-state index in [2.05, 4.69) is 35.7 Å². The molecule has 2 aromatic heterocycles. The largest absolute Gasteiger partial charge is 0.310 e. The van der Waals surface area contributed by atoms with E-state index in [1.54, 1.807) is 0 Å². The second-order valence-corrected chi connectivity index (χ2v) is 5.06. The summed E-state index contributed by atoms with van der Waals surface area (Å²) in [7, 11) is 0. The maximum atomic E-state index is 4.45. The molecule has 2 aromatic rings. The molecule has 3 heterocycles. The minimum Gasteiger partial charge on any atom is -0.310 e. The van der Waals surface area contributed by atoms with Gasteiger partial charge >= 0.3 is 0 Å². The normalized spacial score (nSPS) is 15.4. The summed E-state index contributed by atoms with van der Waals surface area (Å²) in [5.74, 6) is 1.99. The van der Waals surface area contributed by atoms with E-state index in [4.69, 9.17) is 0 Å². The van der Waals surface area contributed by atoms with E-state index in [-0.39, 0.29) is 0 Å². The van der Waals surface area contributed by atoms with Crippen LogP contribution in [0.5, 0.6) is 0 Å². The molecule has 0 radical (unpaired) electrons. The van der Waals surface area contributed by atoms with Crippen LogP contribution in [0.1, 0.15) is 25.1 Å². The number of hydrogen-bond acceptors (Lipinski definition) is 3. The van der Waals surface area contributed by atoms with Gasteiger partial charge in [-0.25, -0.2) is 4.98 Å². The second kappa shape index (κ2) is 4.56. The van der Waals surface area contributed by atoms with Gasteiger partial charge in [-0.3, -0.25) is 0 Å². The molecule has 0 unspecified atom stereocenters. The van der Waals surface area contributed by atoms with Crippen molar-refractivity contribution < 1.29 is 0 Å². The van der Waals surface area contributed by atoms with Crippen molar-refractivity contribution in [3.05, 3.63) is 28.6 Å². The zero-order chi connectivity index (χ0) is 11.7. The highest BCUT2D eigenvalue weighted by Gasteiger charge is 2.16. The van der Waals surface area contributed by atoms with Crippen LogP contribution in [0.25, 0.3) is 11.5 Å². The molecule has 1 aliphatic heterocycles. The third-order valence-corrected chi connectivity index (χ3v) is 3.50. The molecule has 0 saturated heterocycles. The Balaban J connectivity index is 2.06. The van der Waals surface area contributed by atoms with Gasteiger partial charge in [-0.1, -0.05) is 12.5 Å². The Labute approximate surface area is 108 Å². The molecule has 0 aliphatic carbocycles. The first-order chi connectivity index (χ1) is 8.34. The fourth-order valence-electron chi connectivity index (χ4n) is 2.21. The van der Waals surface area contributed by atoms with Gasteiger partial charge in [0.1, 0.15) is 16.1 Å². The molecule has 0 aromatic carbocycles. The van der Waals surface area contributed by atoms with Crippen molar-refractivity contribution in [1.29, 1.82) is 0 Å². The van der Waals surface area contributed by atoms with Gasteiger partial charge in [0.2, 0.25) is 0 Å². The third kappa shape index (κ3) is 2.11. The Morgan fingerprint density at radius 2 is 2.06 bits per heavy atom. The molecule has 0 saturated carbocycles. The quantitative estimate of drug-likeness (QED) is 0.759. The van der Waals surface area contributed by atoms with Crippen LogP contribution in [0.4, 0.5) is 0 Å². The van der Waals surface area contributed by atoms with Gasteiger partial charge in [-0.2, -0.15) is 0 Å². The fraction of sp³-hybridized carbons (Fsp3) is 0.417.